The van der Waals surface area contributed by atoms with Crippen molar-refractivity contribution in [1.29, 1.82) is 0 Å². The van der Waals surface area contributed by atoms with Gasteiger partial charge in [-0.15, -0.1) is 0 Å². The van der Waals surface area contributed by atoms with Crippen LogP contribution in [0, 0.1) is 0 Å². The topological polar surface area (TPSA) is 24.5 Å². The molecule has 0 bridgehead atoms. The maximum atomic E-state index is 5.83. The van der Waals surface area contributed by atoms with E-state index in [4.69, 9.17) is 4.74 Å². The lowest BCUT2D eigenvalue weighted by atomic mass is 10.1. The zero-order valence-corrected chi connectivity index (χ0v) is 12.9. The minimum absolute atomic E-state index is 0.417. The fraction of sp³-hybridized carbons (Fsp3) is 0.368. The molecule has 1 atom stereocenters. The molecule has 3 heteroatoms. The molecule has 1 heterocycles. The first-order valence-corrected chi connectivity index (χ1v) is 8.10. The summed E-state index contributed by atoms with van der Waals surface area (Å²) in [4.78, 5) is 2.50. The van der Waals surface area contributed by atoms with Crippen molar-refractivity contribution in [2.75, 3.05) is 32.8 Å². The fourth-order valence-electron chi connectivity index (χ4n) is 2.91. The zero-order chi connectivity index (χ0) is 15.0. The summed E-state index contributed by atoms with van der Waals surface area (Å²) in [6.45, 7) is 4.97. The minimum atomic E-state index is 0.417. The Hall–Kier alpha value is -1.84. The summed E-state index contributed by atoms with van der Waals surface area (Å²) in [6.07, 6.45) is 1.19. The molecule has 0 radical (unpaired) electrons. The molecule has 1 saturated heterocycles. The molecule has 1 unspecified atom stereocenters. The molecular formula is C19H24N2O. The summed E-state index contributed by atoms with van der Waals surface area (Å²) >= 11 is 0. The van der Waals surface area contributed by atoms with E-state index in [0.29, 0.717) is 6.04 Å². The lowest BCUT2D eigenvalue weighted by molar-refractivity contribution is 0.206. The van der Waals surface area contributed by atoms with Crippen LogP contribution in [0.15, 0.2) is 60.7 Å². The van der Waals surface area contributed by atoms with E-state index in [-0.39, 0.29) is 0 Å². The van der Waals surface area contributed by atoms with Crippen LogP contribution in [0.25, 0.3) is 0 Å². The van der Waals surface area contributed by atoms with Gasteiger partial charge in [-0.25, -0.2) is 0 Å². The molecule has 1 aliphatic rings. The highest BCUT2D eigenvalue weighted by atomic mass is 16.5. The van der Waals surface area contributed by atoms with E-state index in [1.165, 1.54) is 12.0 Å². The van der Waals surface area contributed by atoms with Crippen LogP contribution in [0.2, 0.25) is 0 Å². The molecule has 116 valence electrons. The van der Waals surface area contributed by atoms with Crippen LogP contribution in [-0.2, 0) is 0 Å². The average Bonchev–Trinajstić information content (AvgIpc) is 2.82. The van der Waals surface area contributed by atoms with Crippen LogP contribution in [0.5, 0.6) is 5.75 Å². The van der Waals surface area contributed by atoms with Crippen molar-refractivity contribution >= 4 is 0 Å². The van der Waals surface area contributed by atoms with Crippen molar-refractivity contribution in [2.24, 2.45) is 0 Å². The van der Waals surface area contributed by atoms with Gasteiger partial charge in [0.25, 0.3) is 0 Å². The van der Waals surface area contributed by atoms with Crippen molar-refractivity contribution in [3.05, 3.63) is 66.2 Å². The second-order valence-electron chi connectivity index (χ2n) is 5.73. The molecule has 0 aromatic heterocycles. The molecule has 3 nitrogen and oxygen atoms in total. The Bertz CT molecular complexity index is 544. The van der Waals surface area contributed by atoms with E-state index in [0.717, 1.165) is 38.5 Å². The summed E-state index contributed by atoms with van der Waals surface area (Å²) in [5, 5.41) is 3.65. The molecular weight excluding hydrogens is 272 g/mol. The van der Waals surface area contributed by atoms with Gasteiger partial charge in [-0.1, -0.05) is 48.5 Å². The Morgan fingerprint density at radius 2 is 1.73 bits per heavy atom. The number of benzene rings is 2. The first kappa shape index (κ1) is 15.1. The Morgan fingerprint density at radius 1 is 1.00 bits per heavy atom. The van der Waals surface area contributed by atoms with E-state index >= 15 is 0 Å². The Kier molecular flexibility index (Phi) is 5.46. The third kappa shape index (κ3) is 4.33. The predicted molar refractivity (Wildman–Crippen MR) is 90.2 cm³/mol. The average molecular weight is 296 g/mol. The van der Waals surface area contributed by atoms with E-state index in [2.05, 4.69) is 40.5 Å². The lowest BCUT2D eigenvalue weighted by Gasteiger charge is -2.24. The molecule has 0 aliphatic carbocycles. The number of hydrogen-bond acceptors (Lipinski definition) is 3. The van der Waals surface area contributed by atoms with E-state index < -0.39 is 0 Å². The number of nitrogens with one attached hydrogen (secondary N) is 1. The Morgan fingerprint density at radius 3 is 2.50 bits per heavy atom. The molecule has 0 saturated carbocycles. The summed E-state index contributed by atoms with van der Waals surface area (Å²) in [6, 6.07) is 21.2. The number of rotatable bonds is 5. The zero-order valence-electron chi connectivity index (χ0n) is 12.9. The quantitative estimate of drug-likeness (QED) is 0.917. The highest BCUT2D eigenvalue weighted by Gasteiger charge is 2.18. The van der Waals surface area contributed by atoms with Crippen LogP contribution in [0.4, 0.5) is 0 Å². The molecule has 2 aromatic rings. The largest absolute Gasteiger partial charge is 0.492 e. The molecule has 3 rings (SSSR count). The second kappa shape index (κ2) is 7.97. The summed E-state index contributed by atoms with van der Waals surface area (Å²) in [7, 11) is 0. The number of nitrogens with zero attached hydrogens (tertiary/aromatic N) is 1. The highest BCUT2D eigenvalue weighted by Crippen LogP contribution is 2.17. The van der Waals surface area contributed by atoms with Gasteiger partial charge in [0.05, 0.1) is 0 Å². The van der Waals surface area contributed by atoms with E-state index in [9.17, 15) is 0 Å². The van der Waals surface area contributed by atoms with Gasteiger partial charge in [-0.3, -0.25) is 4.90 Å². The monoisotopic (exact) mass is 296 g/mol. The molecule has 0 spiro atoms. The fourth-order valence-corrected chi connectivity index (χ4v) is 2.91. The molecule has 0 amide bonds. The van der Waals surface area contributed by atoms with Crippen LogP contribution >= 0.6 is 0 Å². The van der Waals surface area contributed by atoms with Crippen molar-refractivity contribution in [3.8, 4) is 5.75 Å². The predicted octanol–water partition coefficient (Wildman–Crippen LogP) is 3.10. The molecule has 2 aromatic carbocycles. The van der Waals surface area contributed by atoms with Crippen LogP contribution in [-0.4, -0.2) is 37.7 Å². The van der Waals surface area contributed by atoms with E-state index in [1.807, 2.05) is 30.3 Å². The van der Waals surface area contributed by atoms with Gasteiger partial charge >= 0.3 is 0 Å². The SMILES string of the molecule is c1ccc(OCCN2CCCNC(c3ccccc3)C2)cc1. The Balaban J connectivity index is 1.52. The van der Waals surface area contributed by atoms with Crippen molar-refractivity contribution in [2.45, 2.75) is 12.5 Å². The molecule has 22 heavy (non-hydrogen) atoms. The number of para-hydroxylation sites is 1. The van der Waals surface area contributed by atoms with Gasteiger partial charge in [-0.2, -0.15) is 0 Å². The van der Waals surface area contributed by atoms with Crippen molar-refractivity contribution < 1.29 is 4.74 Å². The third-order valence-electron chi connectivity index (χ3n) is 4.10. The normalized spacial score (nSPS) is 19.5. The van der Waals surface area contributed by atoms with Crippen molar-refractivity contribution in [1.82, 2.24) is 10.2 Å². The van der Waals surface area contributed by atoms with Gasteiger partial charge in [0.2, 0.25) is 0 Å². The standard InChI is InChI=1S/C19H24N2O/c1-3-8-17(9-4-1)19-16-21(13-7-12-20-19)14-15-22-18-10-5-2-6-11-18/h1-6,8-11,19-20H,7,12-16H2. The number of hydrogen-bond donors (Lipinski definition) is 1. The van der Waals surface area contributed by atoms with Gasteiger partial charge in [-0.05, 0) is 37.2 Å². The smallest absolute Gasteiger partial charge is 0.119 e. The second-order valence-corrected chi connectivity index (χ2v) is 5.73. The molecule has 1 fully saturated rings. The molecule has 1 N–H and O–H groups in total. The summed E-state index contributed by atoms with van der Waals surface area (Å²) in [5.74, 6) is 0.954. The van der Waals surface area contributed by atoms with Gasteiger partial charge in [0.1, 0.15) is 12.4 Å². The number of ether oxygens (including phenoxy) is 1. The van der Waals surface area contributed by atoms with Gasteiger partial charge < -0.3 is 10.1 Å². The maximum absolute atomic E-state index is 5.83. The first-order chi connectivity index (χ1) is 10.9. The van der Waals surface area contributed by atoms with Crippen LogP contribution in [0.1, 0.15) is 18.0 Å². The van der Waals surface area contributed by atoms with Crippen LogP contribution < -0.4 is 10.1 Å². The van der Waals surface area contributed by atoms with Gasteiger partial charge in [0.15, 0.2) is 0 Å². The molecule has 1 aliphatic heterocycles. The first-order valence-electron chi connectivity index (χ1n) is 8.10. The highest BCUT2D eigenvalue weighted by molar-refractivity contribution is 5.21. The summed E-state index contributed by atoms with van der Waals surface area (Å²) in [5.41, 5.74) is 1.37. The van der Waals surface area contributed by atoms with Crippen molar-refractivity contribution in [3.63, 3.8) is 0 Å². The van der Waals surface area contributed by atoms with Crippen LogP contribution in [0.3, 0.4) is 0 Å². The summed E-state index contributed by atoms with van der Waals surface area (Å²) < 4.78 is 5.83. The van der Waals surface area contributed by atoms with Gasteiger partial charge in [0, 0.05) is 19.1 Å². The maximum Gasteiger partial charge on any atom is 0.119 e. The Labute approximate surface area is 132 Å². The minimum Gasteiger partial charge on any atom is -0.492 e. The third-order valence-corrected chi connectivity index (χ3v) is 4.10. The van der Waals surface area contributed by atoms with E-state index in [1.54, 1.807) is 0 Å². The lowest BCUT2D eigenvalue weighted by Crippen LogP contribution is -2.34.